The topological polar surface area (TPSA) is 32.6 Å². The summed E-state index contributed by atoms with van der Waals surface area (Å²) >= 11 is 3.37. The molecule has 14 heavy (non-hydrogen) atoms. The molecule has 0 unspecified atom stereocenters. The van der Waals surface area contributed by atoms with Gasteiger partial charge in [0.15, 0.2) is 0 Å². The lowest BCUT2D eigenvalue weighted by atomic mass is 10.1. The van der Waals surface area contributed by atoms with Crippen molar-refractivity contribution in [3.63, 3.8) is 0 Å². The number of hydrogen-bond acceptors (Lipinski definition) is 2. The van der Waals surface area contributed by atoms with Crippen LogP contribution in [0.2, 0.25) is 0 Å². The Hall–Kier alpha value is -0.670. The minimum atomic E-state index is -0.396. The highest BCUT2D eigenvalue weighted by molar-refractivity contribution is 9.10. The molecule has 76 valence electrons. The molecule has 0 fully saturated rings. The maximum Gasteiger partial charge on any atom is 0.0782 e. The third kappa shape index (κ3) is 3.60. The number of rotatable bonds is 3. The predicted molar refractivity (Wildman–Crippen MR) is 62.9 cm³/mol. The van der Waals surface area contributed by atoms with E-state index in [1.807, 2.05) is 38.1 Å². The fourth-order valence-corrected chi connectivity index (χ4v) is 1.10. The molecule has 3 heteroatoms. The summed E-state index contributed by atoms with van der Waals surface area (Å²) in [5, 5.41) is 8.99. The van der Waals surface area contributed by atoms with Crippen molar-refractivity contribution in [2.45, 2.75) is 19.4 Å². The molecule has 0 aliphatic carbocycles. The highest BCUT2D eigenvalue weighted by Crippen LogP contribution is 2.11. The first-order chi connectivity index (χ1) is 6.53. The van der Waals surface area contributed by atoms with Gasteiger partial charge in [-0.1, -0.05) is 28.1 Å². The maximum absolute atomic E-state index is 8.99. The third-order valence-corrected chi connectivity index (χ3v) is 2.35. The number of aliphatic hydroxyl groups excluding tert-OH is 1. The van der Waals surface area contributed by atoms with Gasteiger partial charge >= 0.3 is 0 Å². The second-order valence-electron chi connectivity index (χ2n) is 3.78. The molecule has 0 aliphatic rings. The summed E-state index contributed by atoms with van der Waals surface area (Å²) in [6.07, 6.45) is 1.78. The molecule has 0 aromatic heterocycles. The molecule has 1 aromatic rings. The average molecular weight is 256 g/mol. The third-order valence-electron chi connectivity index (χ3n) is 1.82. The zero-order chi connectivity index (χ0) is 10.6. The summed E-state index contributed by atoms with van der Waals surface area (Å²) in [5.74, 6) is 0. The molecule has 2 nitrogen and oxygen atoms in total. The average Bonchev–Trinajstić information content (AvgIpc) is 2.17. The molecule has 1 rings (SSSR count). The normalized spacial score (nSPS) is 12.3. The fourth-order valence-electron chi connectivity index (χ4n) is 0.839. The van der Waals surface area contributed by atoms with Crippen molar-refractivity contribution in [1.82, 2.24) is 0 Å². The monoisotopic (exact) mass is 255 g/mol. The van der Waals surface area contributed by atoms with Crippen molar-refractivity contribution in [1.29, 1.82) is 0 Å². The predicted octanol–water partition coefficient (Wildman–Crippen LogP) is 2.64. The van der Waals surface area contributed by atoms with E-state index in [4.69, 9.17) is 5.11 Å². The van der Waals surface area contributed by atoms with Crippen LogP contribution in [0.4, 0.5) is 0 Å². The van der Waals surface area contributed by atoms with Crippen molar-refractivity contribution in [3.8, 4) is 0 Å². The van der Waals surface area contributed by atoms with Crippen molar-refractivity contribution in [3.05, 3.63) is 34.3 Å². The van der Waals surface area contributed by atoms with E-state index in [1.165, 1.54) is 0 Å². The summed E-state index contributed by atoms with van der Waals surface area (Å²) in [5.41, 5.74) is 0.641. The van der Waals surface area contributed by atoms with Crippen LogP contribution < -0.4 is 0 Å². The molecule has 0 atom stereocenters. The SMILES string of the molecule is CC(C)(CO)N=Cc1ccc(Br)cc1. The summed E-state index contributed by atoms with van der Waals surface area (Å²) in [6, 6.07) is 7.88. The lowest BCUT2D eigenvalue weighted by Gasteiger charge is -2.14. The fraction of sp³-hybridized carbons (Fsp3) is 0.364. The second-order valence-corrected chi connectivity index (χ2v) is 4.70. The van der Waals surface area contributed by atoms with Crippen molar-refractivity contribution >= 4 is 22.1 Å². The van der Waals surface area contributed by atoms with Crippen molar-refractivity contribution in [2.75, 3.05) is 6.61 Å². The molecule has 0 aliphatic heterocycles. The smallest absolute Gasteiger partial charge is 0.0782 e. The molecule has 0 saturated heterocycles. The summed E-state index contributed by atoms with van der Waals surface area (Å²) in [7, 11) is 0. The van der Waals surface area contributed by atoms with Crippen molar-refractivity contribution in [2.24, 2.45) is 4.99 Å². The number of aliphatic imine (C=N–C) groups is 1. The Morgan fingerprint density at radius 1 is 1.36 bits per heavy atom. The van der Waals surface area contributed by atoms with Gasteiger partial charge in [0.25, 0.3) is 0 Å². The highest BCUT2D eigenvalue weighted by Gasteiger charge is 2.12. The summed E-state index contributed by atoms with van der Waals surface area (Å²) in [6.45, 7) is 3.84. The molecule has 0 saturated carbocycles. The Morgan fingerprint density at radius 3 is 2.43 bits per heavy atom. The Balaban J connectivity index is 2.74. The van der Waals surface area contributed by atoms with E-state index in [0.29, 0.717) is 0 Å². The van der Waals surface area contributed by atoms with Gasteiger partial charge in [0, 0.05) is 10.7 Å². The first-order valence-corrected chi connectivity index (χ1v) is 5.24. The number of nitrogens with zero attached hydrogens (tertiary/aromatic N) is 1. The van der Waals surface area contributed by atoms with Gasteiger partial charge in [-0.25, -0.2) is 0 Å². The first-order valence-electron chi connectivity index (χ1n) is 4.45. The number of aliphatic hydroxyl groups is 1. The van der Waals surface area contributed by atoms with E-state index in [2.05, 4.69) is 20.9 Å². The standard InChI is InChI=1S/C11H14BrNO/c1-11(2,8-14)13-7-9-3-5-10(12)6-4-9/h3-7,14H,8H2,1-2H3. The molecule has 1 aromatic carbocycles. The first kappa shape index (κ1) is 11.4. The summed E-state index contributed by atoms with van der Waals surface area (Å²) < 4.78 is 1.05. The molecule has 0 spiro atoms. The van der Waals surface area contributed by atoms with E-state index in [1.54, 1.807) is 6.21 Å². The van der Waals surface area contributed by atoms with Crippen LogP contribution in [0.1, 0.15) is 19.4 Å². The van der Waals surface area contributed by atoms with Gasteiger partial charge in [-0.05, 0) is 31.5 Å². The molecule has 1 N–H and O–H groups in total. The van der Waals surface area contributed by atoms with Gasteiger partial charge in [0.05, 0.1) is 12.1 Å². The highest BCUT2D eigenvalue weighted by atomic mass is 79.9. The molecular weight excluding hydrogens is 242 g/mol. The second kappa shape index (κ2) is 4.71. The van der Waals surface area contributed by atoms with Gasteiger partial charge in [-0.3, -0.25) is 4.99 Å². The maximum atomic E-state index is 8.99. The summed E-state index contributed by atoms with van der Waals surface area (Å²) in [4.78, 5) is 4.28. The van der Waals surface area contributed by atoms with Crippen LogP contribution in [-0.2, 0) is 0 Å². The van der Waals surface area contributed by atoms with E-state index >= 15 is 0 Å². The minimum Gasteiger partial charge on any atom is -0.394 e. The van der Waals surface area contributed by atoms with Crippen LogP contribution in [0.25, 0.3) is 0 Å². The number of benzene rings is 1. The van der Waals surface area contributed by atoms with Crippen molar-refractivity contribution < 1.29 is 5.11 Å². The molecular formula is C11H14BrNO. The van der Waals surface area contributed by atoms with Gasteiger partial charge in [-0.2, -0.15) is 0 Å². The van der Waals surface area contributed by atoms with Crippen LogP contribution >= 0.6 is 15.9 Å². The lowest BCUT2D eigenvalue weighted by Crippen LogP contribution is -2.21. The van der Waals surface area contributed by atoms with E-state index in [-0.39, 0.29) is 6.61 Å². The minimum absolute atomic E-state index is 0.0556. The quantitative estimate of drug-likeness (QED) is 0.828. The molecule has 0 heterocycles. The molecule has 0 radical (unpaired) electrons. The van der Waals surface area contributed by atoms with Gasteiger partial charge in [0.2, 0.25) is 0 Å². The van der Waals surface area contributed by atoms with Crippen LogP contribution in [-0.4, -0.2) is 23.5 Å². The zero-order valence-corrected chi connectivity index (χ0v) is 9.95. The van der Waals surface area contributed by atoms with Crippen LogP contribution in [0.15, 0.2) is 33.7 Å². The van der Waals surface area contributed by atoms with Crippen LogP contribution in [0.3, 0.4) is 0 Å². The van der Waals surface area contributed by atoms with E-state index in [0.717, 1.165) is 10.0 Å². The Kier molecular flexibility index (Phi) is 3.84. The van der Waals surface area contributed by atoms with Gasteiger partial charge < -0.3 is 5.11 Å². The lowest BCUT2D eigenvalue weighted by molar-refractivity contribution is 0.223. The van der Waals surface area contributed by atoms with E-state index < -0.39 is 5.54 Å². The van der Waals surface area contributed by atoms with E-state index in [9.17, 15) is 0 Å². The zero-order valence-electron chi connectivity index (χ0n) is 8.37. The van der Waals surface area contributed by atoms with Crippen LogP contribution in [0, 0.1) is 0 Å². The molecule has 0 amide bonds. The Morgan fingerprint density at radius 2 is 1.93 bits per heavy atom. The number of hydrogen-bond donors (Lipinski definition) is 1. The Labute approximate surface area is 92.8 Å². The van der Waals surface area contributed by atoms with Gasteiger partial charge in [-0.15, -0.1) is 0 Å². The Bertz CT molecular complexity index is 317. The molecule has 0 bridgehead atoms. The number of halogens is 1. The van der Waals surface area contributed by atoms with Gasteiger partial charge in [0.1, 0.15) is 0 Å². The van der Waals surface area contributed by atoms with Crippen LogP contribution in [0.5, 0.6) is 0 Å². The largest absolute Gasteiger partial charge is 0.394 e.